The smallest absolute Gasteiger partial charge is 0.490 e. The summed E-state index contributed by atoms with van der Waals surface area (Å²) in [5.41, 5.74) is 1.18. The second-order valence-electron chi connectivity index (χ2n) is 8.76. The molecule has 4 nitrogen and oxygen atoms in total. The maximum atomic E-state index is 6.14. The zero-order valence-electron chi connectivity index (χ0n) is 15.4. The molecule has 0 atom stereocenters. The summed E-state index contributed by atoms with van der Waals surface area (Å²) in [6.45, 7) is 14.8. The Morgan fingerprint density at radius 3 is 2.17 bits per heavy atom. The first-order chi connectivity index (χ1) is 10.5. The van der Waals surface area contributed by atoms with Gasteiger partial charge in [0, 0.05) is 11.8 Å². The van der Waals surface area contributed by atoms with E-state index in [1.807, 2.05) is 12.3 Å². The normalized spacial score (nSPS) is 23.2. The predicted molar refractivity (Wildman–Crippen MR) is 92.3 cm³/mol. The number of ether oxygens (including phenoxy) is 1. The number of nitrogens with zero attached hydrogens (tertiary/aromatic N) is 1. The molecule has 1 saturated carbocycles. The lowest BCUT2D eigenvalue weighted by molar-refractivity contribution is 0.00578. The van der Waals surface area contributed by atoms with E-state index in [0.717, 1.165) is 29.7 Å². The lowest BCUT2D eigenvalue weighted by Crippen LogP contribution is -2.41. The lowest BCUT2D eigenvalue weighted by Gasteiger charge is -2.32. The van der Waals surface area contributed by atoms with E-state index < -0.39 is 7.12 Å². The van der Waals surface area contributed by atoms with E-state index in [0.29, 0.717) is 6.10 Å². The molecule has 3 rings (SSSR count). The van der Waals surface area contributed by atoms with Crippen LogP contribution >= 0.6 is 0 Å². The molecule has 0 bridgehead atoms. The topological polar surface area (TPSA) is 40.6 Å². The molecule has 1 saturated heterocycles. The fourth-order valence-corrected chi connectivity index (χ4v) is 2.57. The molecule has 1 aromatic rings. The van der Waals surface area contributed by atoms with Gasteiger partial charge in [0.1, 0.15) is 5.75 Å². The Bertz CT molecular complexity index is 587. The average Bonchev–Trinajstić information content (AvgIpc) is 3.15. The van der Waals surface area contributed by atoms with Gasteiger partial charge in [0.05, 0.1) is 22.9 Å². The minimum absolute atomic E-state index is 0.00825. The first-order valence-corrected chi connectivity index (χ1v) is 8.52. The molecule has 2 fully saturated rings. The van der Waals surface area contributed by atoms with E-state index in [1.54, 1.807) is 0 Å². The molecule has 126 valence electrons. The summed E-state index contributed by atoms with van der Waals surface area (Å²) in [5, 5.41) is 0. The predicted octanol–water partition coefficient (Wildman–Crippen LogP) is 3.22. The first kappa shape index (κ1) is 16.8. The van der Waals surface area contributed by atoms with Gasteiger partial charge in [-0.1, -0.05) is 20.8 Å². The van der Waals surface area contributed by atoms with Crippen LogP contribution in [0.3, 0.4) is 0 Å². The summed E-state index contributed by atoms with van der Waals surface area (Å²) in [4.78, 5) is 4.62. The highest BCUT2D eigenvalue weighted by Gasteiger charge is 2.52. The van der Waals surface area contributed by atoms with Crippen LogP contribution < -0.4 is 10.3 Å². The standard InChI is InChI=1S/C18H28BNO3/c1-16(2,3)13-11-20-15(10-14(13)21-12-8-9-12)19-22-17(4,5)18(6,7)23-19/h10-12H,8-9H2,1-7H3. The molecule has 2 heterocycles. The quantitative estimate of drug-likeness (QED) is 0.803. The Kier molecular flexibility index (Phi) is 3.81. The van der Waals surface area contributed by atoms with Crippen LogP contribution in [-0.4, -0.2) is 29.4 Å². The van der Waals surface area contributed by atoms with Crippen LogP contribution in [-0.2, 0) is 14.7 Å². The zero-order valence-corrected chi connectivity index (χ0v) is 15.4. The van der Waals surface area contributed by atoms with Crippen LogP contribution in [0, 0.1) is 0 Å². The highest BCUT2D eigenvalue weighted by atomic mass is 16.7. The number of aromatic nitrogens is 1. The van der Waals surface area contributed by atoms with Gasteiger partial charge in [0.15, 0.2) is 0 Å². The van der Waals surface area contributed by atoms with Crippen LogP contribution in [0.5, 0.6) is 5.75 Å². The Balaban J connectivity index is 1.92. The molecule has 1 aromatic heterocycles. The second kappa shape index (κ2) is 5.22. The molecule has 1 aliphatic carbocycles. The highest BCUT2D eigenvalue weighted by molar-refractivity contribution is 6.61. The van der Waals surface area contributed by atoms with Crippen LogP contribution in [0.15, 0.2) is 12.3 Å². The minimum Gasteiger partial charge on any atom is -0.490 e. The van der Waals surface area contributed by atoms with Crippen molar-refractivity contribution in [3.05, 3.63) is 17.8 Å². The molecule has 1 aliphatic heterocycles. The summed E-state index contributed by atoms with van der Waals surface area (Å²) in [6.07, 6.45) is 4.54. The Morgan fingerprint density at radius 2 is 1.70 bits per heavy atom. The molecular formula is C18H28BNO3. The van der Waals surface area contributed by atoms with Gasteiger partial charge >= 0.3 is 7.12 Å². The van der Waals surface area contributed by atoms with Crippen molar-refractivity contribution >= 4 is 12.7 Å². The summed E-state index contributed by atoms with van der Waals surface area (Å²) < 4.78 is 18.4. The summed E-state index contributed by atoms with van der Waals surface area (Å²) in [6, 6.07) is 2.00. The lowest BCUT2D eigenvalue weighted by atomic mass is 9.81. The second-order valence-corrected chi connectivity index (χ2v) is 8.76. The third-order valence-corrected chi connectivity index (χ3v) is 5.01. The van der Waals surface area contributed by atoms with Gasteiger partial charge in [-0.25, -0.2) is 0 Å². The van der Waals surface area contributed by atoms with E-state index in [4.69, 9.17) is 14.0 Å². The van der Waals surface area contributed by atoms with Gasteiger partial charge in [0.25, 0.3) is 0 Å². The van der Waals surface area contributed by atoms with Gasteiger partial charge in [-0.2, -0.15) is 0 Å². The SMILES string of the molecule is CC(C)(C)c1cnc(B2OC(C)(C)C(C)(C)O2)cc1OC1CC1. The summed E-state index contributed by atoms with van der Waals surface area (Å²) >= 11 is 0. The van der Waals surface area contributed by atoms with Crippen molar-refractivity contribution < 1.29 is 14.0 Å². The van der Waals surface area contributed by atoms with Crippen LogP contribution in [0.25, 0.3) is 0 Å². The van der Waals surface area contributed by atoms with Crippen LogP contribution in [0.4, 0.5) is 0 Å². The van der Waals surface area contributed by atoms with E-state index in [-0.39, 0.29) is 16.6 Å². The monoisotopic (exact) mass is 317 g/mol. The van der Waals surface area contributed by atoms with Crippen LogP contribution in [0.1, 0.15) is 66.9 Å². The van der Waals surface area contributed by atoms with Crippen molar-refractivity contribution in [2.24, 2.45) is 0 Å². The van der Waals surface area contributed by atoms with Crippen LogP contribution in [0.2, 0.25) is 0 Å². The maximum Gasteiger partial charge on any atom is 0.514 e. The largest absolute Gasteiger partial charge is 0.514 e. The number of hydrogen-bond donors (Lipinski definition) is 0. The Hall–Kier alpha value is -1.07. The van der Waals surface area contributed by atoms with E-state index >= 15 is 0 Å². The van der Waals surface area contributed by atoms with Gasteiger partial charge in [-0.05, 0) is 52.0 Å². The van der Waals surface area contributed by atoms with Gasteiger partial charge in [-0.3, -0.25) is 4.98 Å². The molecule has 0 unspecified atom stereocenters. The van der Waals surface area contributed by atoms with Gasteiger partial charge in [0.2, 0.25) is 0 Å². The van der Waals surface area contributed by atoms with Gasteiger partial charge in [-0.15, -0.1) is 0 Å². The fraction of sp³-hybridized carbons (Fsp3) is 0.722. The molecule has 0 N–H and O–H groups in total. The first-order valence-electron chi connectivity index (χ1n) is 8.52. The third-order valence-electron chi connectivity index (χ3n) is 5.01. The minimum atomic E-state index is -0.449. The number of pyridine rings is 1. The summed E-state index contributed by atoms with van der Waals surface area (Å²) in [7, 11) is -0.449. The van der Waals surface area contributed by atoms with E-state index in [1.165, 1.54) is 0 Å². The van der Waals surface area contributed by atoms with Crippen molar-refractivity contribution in [2.45, 2.75) is 84.0 Å². The molecule has 0 amide bonds. The summed E-state index contributed by atoms with van der Waals surface area (Å²) in [5.74, 6) is 0.916. The molecule has 0 radical (unpaired) electrons. The molecular weight excluding hydrogens is 289 g/mol. The Labute approximate surface area is 140 Å². The highest BCUT2D eigenvalue weighted by Crippen LogP contribution is 2.38. The fourth-order valence-electron chi connectivity index (χ4n) is 2.57. The number of hydrogen-bond acceptors (Lipinski definition) is 4. The van der Waals surface area contributed by atoms with Crippen molar-refractivity contribution in [3.63, 3.8) is 0 Å². The maximum absolute atomic E-state index is 6.14. The molecule has 2 aliphatic rings. The van der Waals surface area contributed by atoms with Crippen molar-refractivity contribution in [3.8, 4) is 5.75 Å². The molecule has 0 spiro atoms. The average molecular weight is 317 g/mol. The van der Waals surface area contributed by atoms with E-state index in [2.05, 4.69) is 53.5 Å². The van der Waals surface area contributed by atoms with Crippen molar-refractivity contribution in [1.29, 1.82) is 0 Å². The molecule has 5 heteroatoms. The van der Waals surface area contributed by atoms with Crippen molar-refractivity contribution in [2.75, 3.05) is 0 Å². The third kappa shape index (κ3) is 3.27. The van der Waals surface area contributed by atoms with Crippen molar-refractivity contribution in [1.82, 2.24) is 4.98 Å². The molecule has 0 aromatic carbocycles. The number of rotatable bonds is 3. The van der Waals surface area contributed by atoms with E-state index in [9.17, 15) is 0 Å². The zero-order chi connectivity index (χ0) is 17.0. The molecule has 23 heavy (non-hydrogen) atoms. The Morgan fingerprint density at radius 1 is 1.13 bits per heavy atom. The van der Waals surface area contributed by atoms with Gasteiger partial charge < -0.3 is 14.0 Å².